The van der Waals surface area contributed by atoms with Crippen LogP contribution in [-0.2, 0) is 14.3 Å². The van der Waals surface area contributed by atoms with Crippen molar-refractivity contribution in [3.63, 3.8) is 0 Å². The van der Waals surface area contributed by atoms with Crippen LogP contribution in [0, 0.1) is 0 Å². The number of hydrogen-bond acceptors (Lipinski definition) is 5. The van der Waals surface area contributed by atoms with Gasteiger partial charge < -0.3 is 25.2 Å². The normalized spacial score (nSPS) is 24.0. The van der Waals surface area contributed by atoms with Crippen LogP contribution in [0.2, 0.25) is 0 Å². The number of carbonyl (C=O) groups excluding carboxylic acids is 2. The number of nitrogens with one attached hydrogen (secondary N) is 2. The molecular formula is C14H26N2O5. The maximum atomic E-state index is 11.6. The molecule has 7 nitrogen and oxygen atoms in total. The molecule has 7 heteroatoms. The maximum absolute atomic E-state index is 11.6. The van der Waals surface area contributed by atoms with Gasteiger partial charge in [0.15, 0.2) is 0 Å². The van der Waals surface area contributed by atoms with Crippen molar-refractivity contribution < 1.29 is 24.2 Å². The molecule has 122 valence electrons. The summed E-state index contributed by atoms with van der Waals surface area (Å²) in [7, 11) is 0. The van der Waals surface area contributed by atoms with Gasteiger partial charge in [-0.15, -0.1) is 0 Å². The topological polar surface area (TPSA) is 96.9 Å². The molecule has 1 saturated heterocycles. The van der Waals surface area contributed by atoms with E-state index in [0.717, 1.165) is 12.8 Å². The number of amides is 2. The first-order valence-corrected chi connectivity index (χ1v) is 7.24. The minimum Gasteiger partial charge on any atom is -0.444 e. The highest BCUT2D eigenvalue weighted by molar-refractivity contribution is 5.79. The molecule has 21 heavy (non-hydrogen) atoms. The van der Waals surface area contributed by atoms with E-state index < -0.39 is 23.7 Å². The average molecular weight is 302 g/mol. The Morgan fingerprint density at radius 2 is 2.05 bits per heavy atom. The predicted molar refractivity (Wildman–Crippen MR) is 76.8 cm³/mol. The zero-order valence-corrected chi connectivity index (χ0v) is 13.1. The molecule has 3 N–H and O–H groups in total. The number of alkyl carbamates (subject to hydrolysis) is 1. The lowest BCUT2D eigenvalue weighted by Gasteiger charge is -2.30. The zero-order chi connectivity index (χ0) is 16.0. The molecule has 0 aromatic rings. The number of aliphatic hydroxyl groups is 1. The Morgan fingerprint density at radius 1 is 1.38 bits per heavy atom. The van der Waals surface area contributed by atoms with Crippen molar-refractivity contribution in [1.29, 1.82) is 0 Å². The predicted octanol–water partition coefficient (Wildman–Crippen LogP) is 0.556. The van der Waals surface area contributed by atoms with Gasteiger partial charge in [0.05, 0.1) is 18.8 Å². The summed E-state index contributed by atoms with van der Waals surface area (Å²) in [6.07, 6.45) is -0.0776. The van der Waals surface area contributed by atoms with Crippen molar-refractivity contribution in [2.75, 3.05) is 13.2 Å². The highest BCUT2D eigenvalue weighted by Crippen LogP contribution is 2.14. The minimum absolute atomic E-state index is 0.0800. The first kappa shape index (κ1) is 17.7. The van der Waals surface area contributed by atoms with Gasteiger partial charge >= 0.3 is 6.09 Å². The average Bonchev–Trinajstić information content (AvgIpc) is 2.35. The Morgan fingerprint density at radius 3 is 2.52 bits per heavy atom. The van der Waals surface area contributed by atoms with Crippen LogP contribution >= 0.6 is 0 Å². The molecule has 1 aliphatic rings. The fraction of sp³-hybridized carbons (Fsp3) is 0.857. The largest absolute Gasteiger partial charge is 0.444 e. The van der Waals surface area contributed by atoms with Crippen LogP contribution in [0.15, 0.2) is 0 Å². The van der Waals surface area contributed by atoms with Gasteiger partial charge in [-0.25, -0.2) is 4.79 Å². The minimum atomic E-state index is -1.02. The molecular weight excluding hydrogens is 276 g/mol. The summed E-state index contributed by atoms with van der Waals surface area (Å²) in [5, 5.41) is 14.4. The van der Waals surface area contributed by atoms with E-state index in [9.17, 15) is 9.59 Å². The summed E-state index contributed by atoms with van der Waals surface area (Å²) in [4.78, 5) is 22.9. The molecule has 0 spiro atoms. The lowest BCUT2D eigenvalue weighted by Crippen LogP contribution is -2.47. The van der Waals surface area contributed by atoms with Crippen molar-refractivity contribution in [2.24, 2.45) is 0 Å². The van der Waals surface area contributed by atoms with Gasteiger partial charge in [0.1, 0.15) is 11.7 Å². The molecule has 3 atom stereocenters. The lowest BCUT2D eigenvalue weighted by molar-refractivity contribution is -0.129. The van der Waals surface area contributed by atoms with Crippen LogP contribution < -0.4 is 10.6 Å². The van der Waals surface area contributed by atoms with Crippen LogP contribution in [-0.4, -0.2) is 54.1 Å². The third-order valence-electron chi connectivity index (χ3n) is 2.97. The smallest absolute Gasteiger partial charge is 0.407 e. The molecule has 1 heterocycles. The molecule has 1 fully saturated rings. The van der Waals surface area contributed by atoms with Crippen LogP contribution in [0.1, 0.15) is 40.5 Å². The van der Waals surface area contributed by atoms with Gasteiger partial charge in [-0.05, 0) is 40.5 Å². The zero-order valence-electron chi connectivity index (χ0n) is 13.1. The summed E-state index contributed by atoms with van der Waals surface area (Å²) in [5.41, 5.74) is -0.520. The number of hydrogen-bond donors (Lipinski definition) is 3. The third-order valence-corrected chi connectivity index (χ3v) is 2.97. The van der Waals surface area contributed by atoms with Gasteiger partial charge in [0.25, 0.3) is 0 Å². The van der Waals surface area contributed by atoms with Crippen LogP contribution in [0.25, 0.3) is 0 Å². The fourth-order valence-corrected chi connectivity index (χ4v) is 1.92. The molecule has 0 aromatic heterocycles. The second kappa shape index (κ2) is 7.61. The van der Waals surface area contributed by atoms with Crippen molar-refractivity contribution in [1.82, 2.24) is 10.6 Å². The van der Waals surface area contributed by atoms with Crippen molar-refractivity contribution in [2.45, 2.75) is 64.4 Å². The highest BCUT2D eigenvalue weighted by atomic mass is 16.6. The van der Waals surface area contributed by atoms with E-state index in [1.807, 2.05) is 20.8 Å². The molecule has 0 bridgehead atoms. The molecule has 1 rings (SSSR count). The summed E-state index contributed by atoms with van der Waals surface area (Å²) < 4.78 is 10.8. The van der Waals surface area contributed by atoms with Crippen molar-refractivity contribution in [3.05, 3.63) is 0 Å². The second-order valence-corrected chi connectivity index (χ2v) is 6.30. The molecule has 0 radical (unpaired) electrons. The van der Waals surface area contributed by atoms with E-state index in [2.05, 4.69) is 10.6 Å². The monoisotopic (exact) mass is 302 g/mol. The number of rotatable bonds is 4. The molecule has 1 aliphatic heterocycles. The van der Waals surface area contributed by atoms with E-state index in [1.165, 1.54) is 6.92 Å². The maximum Gasteiger partial charge on any atom is 0.407 e. The van der Waals surface area contributed by atoms with E-state index in [-0.39, 0.29) is 12.1 Å². The fourth-order valence-electron chi connectivity index (χ4n) is 1.92. The summed E-state index contributed by atoms with van der Waals surface area (Å²) in [5.74, 6) is -0.410. The first-order chi connectivity index (χ1) is 9.67. The van der Waals surface area contributed by atoms with Crippen LogP contribution in [0.4, 0.5) is 4.79 Å². The van der Waals surface area contributed by atoms with Gasteiger partial charge in [-0.2, -0.15) is 0 Å². The Labute approximate surface area is 125 Å². The van der Waals surface area contributed by atoms with Gasteiger partial charge in [0, 0.05) is 6.54 Å². The third kappa shape index (κ3) is 7.29. The van der Waals surface area contributed by atoms with Crippen molar-refractivity contribution >= 4 is 12.0 Å². The molecule has 2 amide bonds. The Kier molecular flexibility index (Phi) is 6.42. The van der Waals surface area contributed by atoms with Crippen LogP contribution in [0.5, 0.6) is 0 Å². The van der Waals surface area contributed by atoms with Gasteiger partial charge in [-0.1, -0.05) is 0 Å². The quantitative estimate of drug-likeness (QED) is 0.705. The standard InChI is InChI=1S/C14H26N2O5/c1-9(17)12(18)15-7-11-6-5-10(8-20-11)16-13(19)21-14(2,3)4/h9-11,17H,5-8H2,1-4H3,(H,15,18)(H,16,19)/t9-,10+,11-/m0/s1. The number of aliphatic hydroxyl groups excluding tert-OH is 1. The first-order valence-electron chi connectivity index (χ1n) is 7.24. The molecule has 0 saturated carbocycles. The Hall–Kier alpha value is -1.34. The van der Waals surface area contributed by atoms with E-state index in [1.54, 1.807) is 0 Å². The van der Waals surface area contributed by atoms with E-state index in [4.69, 9.17) is 14.6 Å². The summed E-state index contributed by atoms with van der Waals surface area (Å²) in [6, 6.07) is -0.0800. The second-order valence-electron chi connectivity index (χ2n) is 6.30. The number of ether oxygens (including phenoxy) is 2. The SMILES string of the molecule is C[C@H](O)C(=O)NC[C@@H]1CC[C@@H](NC(=O)OC(C)(C)C)CO1. The summed E-state index contributed by atoms with van der Waals surface area (Å²) in [6.45, 7) is 7.59. The molecule has 0 aromatic carbocycles. The van der Waals surface area contributed by atoms with E-state index >= 15 is 0 Å². The highest BCUT2D eigenvalue weighted by Gasteiger charge is 2.25. The molecule has 0 unspecified atom stereocenters. The van der Waals surface area contributed by atoms with E-state index in [0.29, 0.717) is 13.2 Å². The Bertz CT molecular complexity index is 357. The summed E-state index contributed by atoms with van der Waals surface area (Å²) >= 11 is 0. The lowest BCUT2D eigenvalue weighted by atomic mass is 10.1. The number of carbonyl (C=O) groups is 2. The van der Waals surface area contributed by atoms with Crippen LogP contribution in [0.3, 0.4) is 0 Å². The molecule has 0 aliphatic carbocycles. The Balaban J connectivity index is 2.23. The van der Waals surface area contributed by atoms with Gasteiger partial charge in [0.2, 0.25) is 5.91 Å². The van der Waals surface area contributed by atoms with Crippen molar-refractivity contribution in [3.8, 4) is 0 Å². The van der Waals surface area contributed by atoms with Gasteiger partial charge in [-0.3, -0.25) is 4.79 Å².